The van der Waals surface area contributed by atoms with Gasteiger partial charge in [-0.25, -0.2) is 4.98 Å². The highest BCUT2D eigenvalue weighted by Gasteiger charge is 2.43. The monoisotopic (exact) mass is 566 g/mol. The number of piperidine rings is 1. The molecular weight excluding hydrogens is 533 g/mol. The zero-order valence-electron chi connectivity index (χ0n) is 23.3. The van der Waals surface area contributed by atoms with Gasteiger partial charge in [-0.05, 0) is 75.8 Å². The van der Waals surface area contributed by atoms with Crippen LogP contribution < -0.4 is 15.0 Å². The minimum absolute atomic E-state index is 0.0460. The van der Waals surface area contributed by atoms with Crippen LogP contribution in [-0.2, 0) is 16.4 Å². The second-order valence-corrected chi connectivity index (χ2v) is 10.2. The number of hydrogen-bond donors (Lipinski definition) is 1. The van der Waals surface area contributed by atoms with Gasteiger partial charge in [-0.1, -0.05) is 6.07 Å². The molecule has 0 unspecified atom stereocenters. The van der Waals surface area contributed by atoms with Crippen molar-refractivity contribution in [2.75, 3.05) is 51.8 Å². The molecular formula is C30H33F3N6O2. The SMILES string of the molecule is CCOc1ncccc1-c1ccc(C2(C(=O)NCCN(C)C)CCN(c3ccc(C(F)(F)F)cc3C#N)CC2)cn1. The Labute approximate surface area is 237 Å². The first-order valence-electron chi connectivity index (χ1n) is 13.4. The molecule has 1 aliphatic rings. The van der Waals surface area contributed by atoms with Gasteiger partial charge in [0.25, 0.3) is 0 Å². The van der Waals surface area contributed by atoms with Crippen molar-refractivity contribution in [3.05, 3.63) is 71.5 Å². The van der Waals surface area contributed by atoms with E-state index in [1.54, 1.807) is 18.5 Å². The normalized spacial score (nSPS) is 14.9. The molecule has 0 radical (unpaired) electrons. The van der Waals surface area contributed by atoms with Crippen molar-refractivity contribution in [1.29, 1.82) is 5.26 Å². The Balaban J connectivity index is 1.63. The Hall–Kier alpha value is -4.17. The van der Waals surface area contributed by atoms with E-state index in [1.807, 2.05) is 55.1 Å². The summed E-state index contributed by atoms with van der Waals surface area (Å²) in [5.74, 6) is 0.349. The fourth-order valence-corrected chi connectivity index (χ4v) is 5.09. The third-order valence-corrected chi connectivity index (χ3v) is 7.33. The molecule has 1 fully saturated rings. The van der Waals surface area contributed by atoms with Gasteiger partial charge in [-0.3, -0.25) is 9.78 Å². The number of halogens is 3. The Bertz CT molecular complexity index is 1390. The fraction of sp³-hybridized carbons (Fsp3) is 0.400. The highest BCUT2D eigenvalue weighted by molar-refractivity contribution is 5.89. The summed E-state index contributed by atoms with van der Waals surface area (Å²) in [6, 6.07) is 12.5. The molecule has 1 N–H and O–H groups in total. The lowest BCUT2D eigenvalue weighted by Crippen LogP contribution is -2.52. The number of likely N-dealkylation sites (N-methyl/N-ethyl adjacent to an activating group) is 1. The van der Waals surface area contributed by atoms with E-state index >= 15 is 0 Å². The van der Waals surface area contributed by atoms with Crippen LogP contribution in [0.1, 0.15) is 36.5 Å². The summed E-state index contributed by atoms with van der Waals surface area (Å²) >= 11 is 0. The Morgan fingerprint density at radius 1 is 1.17 bits per heavy atom. The standard InChI is InChI=1S/C30H33F3N6O2/c1-4-41-27-24(6-5-13-35-27)25-9-7-23(20-37-25)29(28(40)36-14-17-38(2)3)11-15-39(16-12-29)26-10-8-22(30(31,32)33)18-21(26)19-34/h5-10,13,18,20H,4,11-12,14-17H2,1-3H3,(H,36,40). The molecule has 0 spiro atoms. The molecule has 1 aliphatic heterocycles. The molecule has 3 aromatic rings. The molecule has 1 aromatic carbocycles. The molecule has 4 rings (SSSR count). The number of nitrogens with zero attached hydrogens (tertiary/aromatic N) is 5. The van der Waals surface area contributed by atoms with Gasteiger partial charge in [0.05, 0.1) is 40.1 Å². The van der Waals surface area contributed by atoms with Gasteiger partial charge in [-0.2, -0.15) is 18.4 Å². The van der Waals surface area contributed by atoms with Gasteiger partial charge in [0.2, 0.25) is 11.8 Å². The number of ether oxygens (including phenoxy) is 1. The zero-order chi connectivity index (χ0) is 29.6. The molecule has 11 heteroatoms. The van der Waals surface area contributed by atoms with E-state index in [-0.39, 0.29) is 11.5 Å². The number of amides is 1. The first-order valence-corrected chi connectivity index (χ1v) is 13.4. The summed E-state index contributed by atoms with van der Waals surface area (Å²) in [5, 5.41) is 12.7. The van der Waals surface area contributed by atoms with Gasteiger partial charge >= 0.3 is 6.18 Å². The second kappa shape index (κ2) is 12.6. The van der Waals surface area contributed by atoms with Crippen molar-refractivity contribution in [2.45, 2.75) is 31.4 Å². The maximum atomic E-state index is 13.7. The third kappa shape index (κ3) is 6.60. The van der Waals surface area contributed by atoms with Crippen molar-refractivity contribution in [2.24, 2.45) is 0 Å². The number of aromatic nitrogens is 2. The van der Waals surface area contributed by atoms with Crippen molar-refractivity contribution < 1.29 is 22.7 Å². The topological polar surface area (TPSA) is 94.4 Å². The molecule has 1 amide bonds. The third-order valence-electron chi connectivity index (χ3n) is 7.33. The van der Waals surface area contributed by atoms with Crippen LogP contribution in [0.15, 0.2) is 54.9 Å². The van der Waals surface area contributed by atoms with Crippen LogP contribution in [0.5, 0.6) is 5.88 Å². The summed E-state index contributed by atoms with van der Waals surface area (Å²) in [5.41, 5.74) is 0.770. The summed E-state index contributed by atoms with van der Waals surface area (Å²) in [4.78, 5) is 26.5. The number of pyridine rings is 2. The molecule has 41 heavy (non-hydrogen) atoms. The van der Waals surface area contributed by atoms with Crippen molar-refractivity contribution in [3.8, 4) is 23.2 Å². The molecule has 8 nitrogen and oxygen atoms in total. The van der Waals surface area contributed by atoms with Crippen molar-refractivity contribution in [1.82, 2.24) is 20.2 Å². The summed E-state index contributed by atoms with van der Waals surface area (Å²) in [6.07, 6.45) is -0.393. The number of benzene rings is 1. The fourth-order valence-electron chi connectivity index (χ4n) is 5.09. The van der Waals surface area contributed by atoms with Crippen LogP contribution >= 0.6 is 0 Å². The van der Waals surface area contributed by atoms with Gasteiger partial charge < -0.3 is 19.9 Å². The number of nitriles is 1. The molecule has 0 aliphatic carbocycles. The molecule has 1 saturated heterocycles. The van der Waals surface area contributed by atoms with Crippen LogP contribution in [0.4, 0.5) is 18.9 Å². The smallest absolute Gasteiger partial charge is 0.416 e. The average Bonchev–Trinajstić information content (AvgIpc) is 2.97. The van der Waals surface area contributed by atoms with Gasteiger partial charge in [-0.15, -0.1) is 0 Å². The molecule has 3 heterocycles. The van der Waals surface area contributed by atoms with Gasteiger partial charge in [0.1, 0.15) is 6.07 Å². The minimum atomic E-state index is -4.54. The van der Waals surface area contributed by atoms with E-state index in [9.17, 15) is 23.2 Å². The number of nitrogens with one attached hydrogen (secondary N) is 1. The lowest BCUT2D eigenvalue weighted by Gasteiger charge is -2.42. The predicted octanol–water partition coefficient (Wildman–Crippen LogP) is 4.65. The van der Waals surface area contributed by atoms with Crippen LogP contribution in [0.25, 0.3) is 11.3 Å². The molecule has 0 bridgehead atoms. The van der Waals surface area contributed by atoms with E-state index in [4.69, 9.17) is 4.74 Å². The van der Waals surface area contributed by atoms with Crippen LogP contribution in [0, 0.1) is 11.3 Å². The summed E-state index contributed by atoms with van der Waals surface area (Å²) in [6.45, 7) is 4.22. The van der Waals surface area contributed by atoms with E-state index in [0.29, 0.717) is 62.9 Å². The highest BCUT2D eigenvalue weighted by Crippen LogP contribution is 2.40. The number of carbonyl (C=O) groups excluding carboxylic acids is 1. The first kappa shape index (κ1) is 29.8. The number of rotatable bonds is 9. The Kier molecular flexibility index (Phi) is 9.13. The largest absolute Gasteiger partial charge is 0.477 e. The summed E-state index contributed by atoms with van der Waals surface area (Å²) in [7, 11) is 3.85. The molecule has 0 atom stereocenters. The Morgan fingerprint density at radius 3 is 2.54 bits per heavy atom. The number of carbonyl (C=O) groups is 1. The predicted molar refractivity (Wildman–Crippen MR) is 149 cm³/mol. The van der Waals surface area contributed by atoms with Gasteiger partial charge in [0, 0.05) is 38.6 Å². The van der Waals surface area contributed by atoms with Gasteiger partial charge in [0.15, 0.2) is 0 Å². The number of anilines is 1. The maximum absolute atomic E-state index is 13.7. The molecule has 0 saturated carbocycles. The first-order chi connectivity index (χ1) is 19.6. The van der Waals surface area contributed by atoms with E-state index in [1.165, 1.54) is 6.07 Å². The van der Waals surface area contributed by atoms with Crippen LogP contribution in [0.3, 0.4) is 0 Å². The van der Waals surface area contributed by atoms with Crippen LogP contribution in [0.2, 0.25) is 0 Å². The lowest BCUT2D eigenvalue weighted by atomic mass is 9.72. The average molecular weight is 567 g/mol. The maximum Gasteiger partial charge on any atom is 0.416 e. The molecule has 216 valence electrons. The number of hydrogen-bond acceptors (Lipinski definition) is 7. The molecule has 2 aromatic heterocycles. The van der Waals surface area contributed by atoms with E-state index in [2.05, 4.69) is 15.3 Å². The quantitative estimate of drug-likeness (QED) is 0.403. The van der Waals surface area contributed by atoms with Crippen molar-refractivity contribution >= 4 is 11.6 Å². The lowest BCUT2D eigenvalue weighted by molar-refractivity contribution is -0.137. The zero-order valence-corrected chi connectivity index (χ0v) is 23.3. The van der Waals surface area contributed by atoms with E-state index in [0.717, 1.165) is 23.3 Å². The minimum Gasteiger partial charge on any atom is -0.477 e. The highest BCUT2D eigenvalue weighted by atomic mass is 19.4. The van der Waals surface area contributed by atoms with Crippen LogP contribution in [-0.4, -0.2) is 67.7 Å². The second-order valence-electron chi connectivity index (χ2n) is 10.2. The van der Waals surface area contributed by atoms with Crippen molar-refractivity contribution in [3.63, 3.8) is 0 Å². The van der Waals surface area contributed by atoms with E-state index < -0.39 is 17.2 Å². The number of alkyl halides is 3. The Morgan fingerprint density at radius 2 is 1.93 bits per heavy atom. The summed E-state index contributed by atoms with van der Waals surface area (Å²) < 4.78 is 45.3.